The summed E-state index contributed by atoms with van der Waals surface area (Å²) >= 11 is 0. The summed E-state index contributed by atoms with van der Waals surface area (Å²) in [6.45, 7) is 7.47. The molecule has 1 N–H and O–H groups in total. The highest BCUT2D eigenvalue weighted by Crippen LogP contribution is 2.33. The van der Waals surface area contributed by atoms with Gasteiger partial charge in [0.1, 0.15) is 5.75 Å². The molecular weight excluding hydrogens is 476 g/mol. The van der Waals surface area contributed by atoms with E-state index < -0.39 is 0 Å². The number of ether oxygens (including phenoxy) is 1. The Hall–Kier alpha value is -3.52. The zero-order valence-corrected chi connectivity index (χ0v) is 22.9. The summed E-state index contributed by atoms with van der Waals surface area (Å²) in [6.07, 6.45) is 6.79. The molecule has 1 saturated carbocycles. The van der Waals surface area contributed by atoms with Crippen molar-refractivity contribution in [3.63, 3.8) is 0 Å². The van der Waals surface area contributed by atoms with Gasteiger partial charge in [0.15, 0.2) is 5.82 Å². The molecule has 5 rings (SSSR count). The average Bonchev–Trinajstić information content (AvgIpc) is 3.40. The van der Waals surface area contributed by atoms with Gasteiger partial charge in [0.2, 0.25) is 0 Å². The number of hydrogen-bond acceptors (Lipinski definition) is 6. The van der Waals surface area contributed by atoms with Crippen LogP contribution >= 0.6 is 0 Å². The lowest BCUT2D eigenvalue weighted by Crippen LogP contribution is -2.41. The first-order valence-corrected chi connectivity index (χ1v) is 13.7. The molecule has 0 aliphatic heterocycles. The highest BCUT2D eigenvalue weighted by molar-refractivity contribution is 5.83. The summed E-state index contributed by atoms with van der Waals surface area (Å²) in [5.74, 6) is 1.67. The Balaban J connectivity index is 1.49. The van der Waals surface area contributed by atoms with E-state index in [1.54, 1.807) is 7.11 Å². The number of aryl methyl sites for hydroxylation is 2. The topological polar surface area (TPSA) is 88.9 Å². The maximum absolute atomic E-state index is 13.3. The fraction of sp³-hybridized carbons (Fsp3) is 0.467. The number of fused-ring (bicyclic) bond motifs is 1. The maximum atomic E-state index is 13.3. The van der Waals surface area contributed by atoms with Crippen LogP contribution in [0.1, 0.15) is 79.6 Å². The predicted octanol–water partition coefficient (Wildman–Crippen LogP) is 5.47. The van der Waals surface area contributed by atoms with Crippen LogP contribution in [0.4, 0.5) is 0 Å². The van der Waals surface area contributed by atoms with Gasteiger partial charge in [0.05, 0.1) is 25.2 Å². The molecule has 8 heteroatoms. The molecule has 8 nitrogen and oxygen atoms in total. The third-order valence-corrected chi connectivity index (χ3v) is 8.16. The van der Waals surface area contributed by atoms with E-state index in [-0.39, 0.29) is 11.6 Å². The second kappa shape index (κ2) is 11.5. The van der Waals surface area contributed by atoms with Crippen LogP contribution in [0.2, 0.25) is 0 Å². The van der Waals surface area contributed by atoms with Crippen LogP contribution in [0.25, 0.3) is 10.9 Å². The molecule has 200 valence electrons. The molecular formula is C30H38N6O2. The zero-order chi connectivity index (χ0) is 26.6. The molecule has 0 amide bonds. The summed E-state index contributed by atoms with van der Waals surface area (Å²) < 4.78 is 7.21. The number of hydrogen-bond donors (Lipinski definition) is 1. The second-order valence-electron chi connectivity index (χ2n) is 10.5. The van der Waals surface area contributed by atoms with E-state index in [0.29, 0.717) is 19.1 Å². The molecule has 0 unspecified atom stereocenters. The summed E-state index contributed by atoms with van der Waals surface area (Å²) in [6, 6.07) is 14.7. The van der Waals surface area contributed by atoms with Crippen molar-refractivity contribution in [2.45, 2.75) is 84.5 Å². The van der Waals surface area contributed by atoms with Crippen LogP contribution in [0.15, 0.2) is 47.3 Å². The summed E-state index contributed by atoms with van der Waals surface area (Å²) in [5, 5.41) is 14.0. The van der Waals surface area contributed by atoms with Gasteiger partial charge in [0.25, 0.3) is 5.56 Å². The number of nitrogens with one attached hydrogen (secondary N) is 1. The van der Waals surface area contributed by atoms with Crippen LogP contribution in [0, 0.1) is 13.8 Å². The summed E-state index contributed by atoms with van der Waals surface area (Å²) in [7, 11) is 1.67. The molecule has 2 heterocycles. The van der Waals surface area contributed by atoms with E-state index in [9.17, 15) is 4.79 Å². The Labute approximate surface area is 224 Å². The zero-order valence-electron chi connectivity index (χ0n) is 22.9. The Kier molecular flexibility index (Phi) is 7.88. The molecule has 0 spiro atoms. The molecule has 0 radical (unpaired) electrons. The fourth-order valence-electron chi connectivity index (χ4n) is 5.82. The van der Waals surface area contributed by atoms with E-state index >= 15 is 0 Å². The Morgan fingerprint density at radius 2 is 1.87 bits per heavy atom. The predicted molar refractivity (Wildman–Crippen MR) is 149 cm³/mol. The van der Waals surface area contributed by atoms with Crippen molar-refractivity contribution in [1.29, 1.82) is 0 Å². The summed E-state index contributed by atoms with van der Waals surface area (Å²) in [4.78, 5) is 19.0. The lowest BCUT2D eigenvalue weighted by atomic mass is 9.92. The number of aromatic amines is 1. The van der Waals surface area contributed by atoms with Gasteiger partial charge in [-0.25, -0.2) is 4.68 Å². The Morgan fingerprint density at radius 3 is 2.58 bits per heavy atom. The van der Waals surface area contributed by atoms with Crippen molar-refractivity contribution >= 4 is 10.9 Å². The number of pyridine rings is 1. The van der Waals surface area contributed by atoms with Crippen molar-refractivity contribution in [2.24, 2.45) is 0 Å². The van der Waals surface area contributed by atoms with Gasteiger partial charge in [-0.15, -0.1) is 5.10 Å². The first kappa shape index (κ1) is 26.1. The van der Waals surface area contributed by atoms with E-state index in [4.69, 9.17) is 4.74 Å². The molecule has 1 atom stereocenters. The summed E-state index contributed by atoms with van der Waals surface area (Å²) in [5.41, 5.74) is 5.12. The number of nitrogens with zero attached hydrogens (tertiary/aromatic N) is 5. The van der Waals surface area contributed by atoms with Crippen molar-refractivity contribution in [2.75, 3.05) is 7.11 Å². The molecule has 1 aliphatic carbocycles. The number of aromatic nitrogens is 5. The largest absolute Gasteiger partial charge is 0.497 e. The minimum Gasteiger partial charge on any atom is -0.497 e. The standard InChI is InChI=1S/C30H38N6O2/c1-5-27(29-32-33-34-36(29)18-22-12-15-26(38-4)16-13-22)35(25-9-7-6-8-10-25)19-24-17-23-14-11-20(2)21(3)28(23)31-30(24)37/h11-17,25,27H,5-10,18-19H2,1-4H3,(H,31,37)/t27-/m0/s1. The lowest BCUT2D eigenvalue weighted by molar-refractivity contribution is 0.0844. The third-order valence-electron chi connectivity index (χ3n) is 8.16. The van der Waals surface area contributed by atoms with E-state index in [0.717, 1.165) is 58.4 Å². The second-order valence-corrected chi connectivity index (χ2v) is 10.5. The minimum atomic E-state index is -0.0142. The van der Waals surface area contributed by atoms with Crippen LogP contribution < -0.4 is 10.3 Å². The third kappa shape index (κ3) is 5.36. The SMILES string of the molecule is CC[C@@H](c1nnnn1Cc1ccc(OC)cc1)N(Cc1cc2ccc(C)c(C)c2[nH]c1=O)C1CCCCC1. The Morgan fingerprint density at radius 1 is 1.11 bits per heavy atom. The monoisotopic (exact) mass is 514 g/mol. The van der Waals surface area contributed by atoms with Crippen LogP contribution in [-0.4, -0.2) is 43.2 Å². The van der Waals surface area contributed by atoms with Gasteiger partial charge in [-0.1, -0.05) is 50.5 Å². The van der Waals surface area contributed by atoms with Crippen LogP contribution in [-0.2, 0) is 13.1 Å². The number of benzene rings is 2. The van der Waals surface area contributed by atoms with Crippen LogP contribution in [0.5, 0.6) is 5.75 Å². The average molecular weight is 515 g/mol. The Bertz CT molecular complexity index is 1440. The van der Waals surface area contributed by atoms with Crippen LogP contribution in [0.3, 0.4) is 0 Å². The van der Waals surface area contributed by atoms with Crippen molar-refractivity contribution in [3.8, 4) is 5.75 Å². The van der Waals surface area contributed by atoms with E-state index in [1.165, 1.54) is 24.8 Å². The van der Waals surface area contributed by atoms with Crippen molar-refractivity contribution < 1.29 is 4.74 Å². The smallest absolute Gasteiger partial charge is 0.252 e. The normalized spacial score (nSPS) is 15.3. The van der Waals surface area contributed by atoms with Gasteiger partial charge in [0, 0.05) is 18.2 Å². The number of rotatable bonds is 9. The van der Waals surface area contributed by atoms with Gasteiger partial charge >= 0.3 is 0 Å². The number of methoxy groups -OCH3 is 1. The highest BCUT2D eigenvalue weighted by Gasteiger charge is 2.32. The quantitative estimate of drug-likeness (QED) is 0.318. The van der Waals surface area contributed by atoms with Gasteiger partial charge in [-0.3, -0.25) is 9.69 Å². The fourth-order valence-corrected chi connectivity index (χ4v) is 5.82. The minimum absolute atomic E-state index is 0.00111. The molecule has 2 aromatic heterocycles. The van der Waals surface area contributed by atoms with E-state index in [2.05, 4.69) is 64.4 Å². The van der Waals surface area contributed by atoms with Gasteiger partial charge in [-0.2, -0.15) is 0 Å². The van der Waals surface area contributed by atoms with Gasteiger partial charge < -0.3 is 9.72 Å². The lowest BCUT2D eigenvalue weighted by Gasteiger charge is -2.39. The van der Waals surface area contributed by atoms with E-state index in [1.807, 2.05) is 28.9 Å². The number of tetrazole rings is 1. The molecule has 1 aliphatic rings. The molecule has 2 aromatic carbocycles. The van der Waals surface area contributed by atoms with Gasteiger partial charge in [-0.05, 0) is 83.8 Å². The van der Waals surface area contributed by atoms with Crippen molar-refractivity contribution in [3.05, 3.63) is 80.9 Å². The van der Waals surface area contributed by atoms with Crippen molar-refractivity contribution in [1.82, 2.24) is 30.1 Å². The molecule has 38 heavy (non-hydrogen) atoms. The molecule has 4 aromatic rings. The highest BCUT2D eigenvalue weighted by atomic mass is 16.5. The first-order valence-electron chi connectivity index (χ1n) is 13.7. The molecule has 0 bridgehead atoms. The first-order chi connectivity index (χ1) is 18.5. The number of H-pyrrole nitrogens is 1. The maximum Gasteiger partial charge on any atom is 0.252 e. The molecule has 1 fully saturated rings. The molecule has 0 saturated heterocycles.